The Balaban J connectivity index is 2.35. The third kappa shape index (κ3) is 2.58. The standard InChI is InChI=1S/C13H6ClF2NO/c14-9-1-3-10(4-2-9)18-13-11(15)5-8(7-17)6-12(13)16/h1-6H. The van der Waals surface area contributed by atoms with Crippen molar-refractivity contribution in [3.05, 3.63) is 58.6 Å². The second-order valence-corrected chi connectivity index (χ2v) is 3.87. The van der Waals surface area contributed by atoms with Crippen molar-refractivity contribution in [3.8, 4) is 17.6 Å². The van der Waals surface area contributed by atoms with Gasteiger partial charge in [0.15, 0.2) is 17.4 Å². The first-order chi connectivity index (χ1) is 8.60. The molecule has 0 fully saturated rings. The predicted octanol–water partition coefficient (Wildman–Crippen LogP) is 4.28. The van der Waals surface area contributed by atoms with E-state index in [0.29, 0.717) is 5.02 Å². The summed E-state index contributed by atoms with van der Waals surface area (Å²) in [5, 5.41) is 9.05. The molecule has 90 valence electrons. The molecule has 2 rings (SSSR count). The Morgan fingerprint density at radius 1 is 1.06 bits per heavy atom. The minimum atomic E-state index is -0.929. The van der Waals surface area contributed by atoms with Crippen LogP contribution in [0.15, 0.2) is 36.4 Å². The number of nitriles is 1. The van der Waals surface area contributed by atoms with Crippen LogP contribution in [-0.4, -0.2) is 0 Å². The van der Waals surface area contributed by atoms with Gasteiger partial charge in [0.1, 0.15) is 5.75 Å². The Labute approximate surface area is 107 Å². The molecule has 0 saturated carbocycles. The highest BCUT2D eigenvalue weighted by molar-refractivity contribution is 6.30. The van der Waals surface area contributed by atoms with Crippen molar-refractivity contribution in [1.82, 2.24) is 0 Å². The van der Waals surface area contributed by atoms with E-state index in [2.05, 4.69) is 0 Å². The highest BCUT2D eigenvalue weighted by Gasteiger charge is 2.13. The summed E-state index contributed by atoms with van der Waals surface area (Å²) in [4.78, 5) is 0. The van der Waals surface area contributed by atoms with Gasteiger partial charge in [0.2, 0.25) is 0 Å². The van der Waals surface area contributed by atoms with Crippen LogP contribution in [0.4, 0.5) is 8.78 Å². The minimum Gasteiger partial charge on any atom is -0.451 e. The lowest BCUT2D eigenvalue weighted by Gasteiger charge is -2.08. The van der Waals surface area contributed by atoms with Gasteiger partial charge < -0.3 is 4.74 Å². The second kappa shape index (κ2) is 5.03. The molecular formula is C13H6ClF2NO. The van der Waals surface area contributed by atoms with Crippen molar-refractivity contribution in [3.63, 3.8) is 0 Å². The number of halogens is 3. The van der Waals surface area contributed by atoms with E-state index in [4.69, 9.17) is 21.6 Å². The summed E-state index contributed by atoms with van der Waals surface area (Å²) >= 11 is 5.68. The molecule has 0 aliphatic rings. The molecular weight excluding hydrogens is 260 g/mol. The molecule has 2 aromatic carbocycles. The van der Waals surface area contributed by atoms with Gasteiger partial charge in [0.25, 0.3) is 0 Å². The van der Waals surface area contributed by atoms with Gasteiger partial charge >= 0.3 is 0 Å². The van der Waals surface area contributed by atoms with Crippen LogP contribution >= 0.6 is 11.6 Å². The summed E-state index contributed by atoms with van der Waals surface area (Å²) in [5.41, 5.74) is -0.103. The van der Waals surface area contributed by atoms with E-state index < -0.39 is 17.4 Å². The van der Waals surface area contributed by atoms with Crippen molar-refractivity contribution in [2.45, 2.75) is 0 Å². The summed E-state index contributed by atoms with van der Waals surface area (Å²) in [6.45, 7) is 0. The topological polar surface area (TPSA) is 33.0 Å². The van der Waals surface area contributed by atoms with Crippen molar-refractivity contribution in [2.75, 3.05) is 0 Å². The highest BCUT2D eigenvalue weighted by Crippen LogP contribution is 2.29. The fourth-order valence-corrected chi connectivity index (χ4v) is 1.47. The molecule has 2 aromatic rings. The number of ether oxygens (including phenoxy) is 1. The monoisotopic (exact) mass is 265 g/mol. The fourth-order valence-electron chi connectivity index (χ4n) is 1.34. The zero-order valence-corrected chi connectivity index (χ0v) is 9.71. The van der Waals surface area contributed by atoms with Crippen LogP contribution in [0.1, 0.15) is 5.56 Å². The number of hydrogen-bond acceptors (Lipinski definition) is 2. The van der Waals surface area contributed by atoms with Crippen LogP contribution in [0.25, 0.3) is 0 Å². The summed E-state index contributed by atoms with van der Waals surface area (Å²) < 4.78 is 32.1. The second-order valence-electron chi connectivity index (χ2n) is 3.44. The molecule has 0 aromatic heterocycles. The summed E-state index contributed by atoms with van der Waals surface area (Å²) in [6, 6.07) is 9.52. The minimum absolute atomic E-state index is 0.103. The molecule has 0 N–H and O–H groups in total. The maximum atomic E-state index is 13.5. The fraction of sp³-hybridized carbons (Fsp3) is 0. The molecule has 0 unspecified atom stereocenters. The molecule has 0 atom stereocenters. The molecule has 0 radical (unpaired) electrons. The maximum absolute atomic E-state index is 13.5. The molecule has 2 nitrogen and oxygen atoms in total. The van der Waals surface area contributed by atoms with Gasteiger partial charge in [-0.25, -0.2) is 8.78 Å². The number of hydrogen-bond donors (Lipinski definition) is 0. The van der Waals surface area contributed by atoms with Crippen molar-refractivity contribution < 1.29 is 13.5 Å². The average Bonchev–Trinajstić information content (AvgIpc) is 2.35. The van der Waals surface area contributed by atoms with Crippen molar-refractivity contribution >= 4 is 11.6 Å². The van der Waals surface area contributed by atoms with Gasteiger partial charge in [-0.3, -0.25) is 0 Å². The van der Waals surface area contributed by atoms with Gasteiger partial charge in [-0.2, -0.15) is 5.26 Å². The van der Waals surface area contributed by atoms with E-state index in [9.17, 15) is 8.78 Å². The molecule has 0 aliphatic carbocycles. The maximum Gasteiger partial charge on any atom is 0.198 e. The lowest BCUT2D eigenvalue weighted by molar-refractivity contribution is 0.407. The average molecular weight is 266 g/mol. The summed E-state index contributed by atoms with van der Waals surface area (Å²) in [7, 11) is 0. The van der Waals surface area contributed by atoms with E-state index in [1.165, 1.54) is 24.3 Å². The zero-order valence-electron chi connectivity index (χ0n) is 8.95. The Morgan fingerprint density at radius 3 is 2.11 bits per heavy atom. The van der Waals surface area contributed by atoms with E-state index in [-0.39, 0.29) is 11.3 Å². The first kappa shape index (κ1) is 12.3. The molecule has 5 heteroatoms. The first-order valence-corrected chi connectivity index (χ1v) is 5.30. The molecule has 0 spiro atoms. The molecule has 18 heavy (non-hydrogen) atoms. The Kier molecular flexibility index (Phi) is 3.45. The Morgan fingerprint density at radius 2 is 1.61 bits per heavy atom. The summed E-state index contributed by atoms with van der Waals surface area (Å²) in [6.07, 6.45) is 0. The van der Waals surface area contributed by atoms with E-state index >= 15 is 0 Å². The smallest absolute Gasteiger partial charge is 0.198 e. The van der Waals surface area contributed by atoms with Gasteiger partial charge in [-0.05, 0) is 36.4 Å². The molecule has 0 aliphatic heterocycles. The highest BCUT2D eigenvalue weighted by atomic mass is 35.5. The van der Waals surface area contributed by atoms with E-state index in [1.54, 1.807) is 6.07 Å². The lowest BCUT2D eigenvalue weighted by Crippen LogP contribution is -1.94. The Hall–Kier alpha value is -2.12. The normalized spacial score (nSPS) is 9.89. The SMILES string of the molecule is N#Cc1cc(F)c(Oc2ccc(Cl)cc2)c(F)c1. The quantitative estimate of drug-likeness (QED) is 0.812. The van der Waals surface area contributed by atoms with Gasteiger partial charge in [-0.15, -0.1) is 0 Å². The van der Waals surface area contributed by atoms with Crippen LogP contribution < -0.4 is 4.74 Å². The molecule has 0 bridgehead atoms. The number of benzene rings is 2. The van der Waals surface area contributed by atoms with Crippen molar-refractivity contribution in [1.29, 1.82) is 5.26 Å². The number of rotatable bonds is 2. The van der Waals surface area contributed by atoms with Gasteiger partial charge in [0, 0.05) is 5.02 Å². The third-order valence-corrected chi connectivity index (χ3v) is 2.41. The van der Waals surface area contributed by atoms with Crippen LogP contribution in [0.2, 0.25) is 5.02 Å². The van der Waals surface area contributed by atoms with Crippen LogP contribution in [-0.2, 0) is 0 Å². The third-order valence-electron chi connectivity index (χ3n) is 2.16. The zero-order chi connectivity index (χ0) is 13.1. The first-order valence-electron chi connectivity index (χ1n) is 4.92. The number of nitrogens with zero attached hydrogens (tertiary/aromatic N) is 1. The van der Waals surface area contributed by atoms with Crippen LogP contribution in [0.5, 0.6) is 11.5 Å². The molecule has 0 saturated heterocycles. The molecule has 0 amide bonds. The van der Waals surface area contributed by atoms with Gasteiger partial charge in [0.05, 0.1) is 11.6 Å². The lowest BCUT2D eigenvalue weighted by atomic mass is 10.2. The van der Waals surface area contributed by atoms with Crippen LogP contribution in [0, 0.1) is 23.0 Å². The van der Waals surface area contributed by atoms with Gasteiger partial charge in [-0.1, -0.05) is 11.6 Å². The largest absolute Gasteiger partial charge is 0.451 e. The Bertz CT molecular complexity index is 597. The molecule has 0 heterocycles. The predicted molar refractivity (Wildman–Crippen MR) is 62.6 cm³/mol. The summed E-state index contributed by atoms with van der Waals surface area (Å²) in [5.74, 6) is -2.15. The van der Waals surface area contributed by atoms with E-state index in [0.717, 1.165) is 12.1 Å². The van der Waals surface area contributed by atoms with Crippen LogP contribution in [0.3, 0.4) is 0 Å². The van der Waals surface area contributed by atoms with E-state index in [1.807, 2.05) is 0 Å². The van der Waals surface area contributed by atoms with Crippen molar-refractivity contribution in [2.24, 2.45) is 0 Å².